The molecule has 1 N–H and O–H groups in total. The lowest BCUT2D eigenvalue weighted by Gasteiger charge is -2.36. The topological polar surface area (TPSA) is 36.3 Å². The van der Waals surface area contributed by atoms with Crippen LogP contribution in [0.25, 0.3) is 0 Å². The minimum atomic E-state index is 0.570. The Kier molecular flexibility index (Phi) is 5.84. The van der Waals surface area contributed by atoms with Gasteiger partial charge in [-0.25, -0.2) is 0 Å². The quantitative estimate of drug-likeness (QED) is 0.801. The first kappa shape index (κ1) is 18.5. The van der Waals surface area contributed by atoms with Crippen LogP contribution in [0.3, 0.4) is 0 Å². The number of nitrogens with one attached hydrogen (secondary N) is 1. The second-order valence-corrected chi connectivity index (χ2v) is 7.46. The monoisotopic (exact) mass is 397 g/mol. The van der Waals surface area contributed by atoms with E-state index in [0.29, 0.717) is 15.2 Å². The third-order valence-corrected chi connectivity index (χ3v) is 5.25. The molecule has 0 amide bonds. The highest BCUT2D eigenvalue weighted by atomic mass is 35.5. The Morgan fingerprint density at radius 2 is 1.96 bits per heavy atom. The van der Waals surface area contributed by atoms with Crippen molar-refractivity contribution in [3.05, 3.63) is 45.7 Å². The molecule has 3 rings (SSSR count). The molecule has 0 aliphatic carbocycles. The first-order valence-corrected chi connectivity index (χ1v) is 9.31. The SMILES string of the molecule is Cc1nn(C)cc1CN1CCN(C(=S)Nc2ccc(Cl)cc2Cl)CC1. The molecule has 1 aliphatic rings. The van der Waals surface area contributed by atoms with Crippen LogP contribution < -0.4 is 5.32 Å². The van der Waals surface area contributed by atoms with Crippen molar-refractivity contribution in [1.82, 2.24) is 19.6 Å². The van der Waals surface area contributed by atoms with E-state index in [-0.39, 0.29) is 0 Å². The molecule has 25 heavy (non-hydrogen) atoms. The van der Waals surface area contributed by atoms with E-state index < -0.39 is 0 Å². The standard InChI is InChI=1S/C17H21Cl2N5S/c1-12-13(10-22(2)21-12)11-23-5-7-24(8-6-23)17(25)20-16-4-3-14(18)9-15(16)19/h3-4,9-10H,5-8,11H2,1-2H3,(H,20,25). The Bertz CT molecular complexity index is 768. The van der Waals surface area contributed by atoms with Crippen molar-refractivity contribution >= 4 is 46.2 Å². The summed E-state index contributed by atoms with van der Waals surface area (Å²) in [4.78, 5) is 4.60. The first-order valence-electron chi connectivity index (χ1n) is 8.15. The van der Waals surface area contributed by atoms with Gasteiger partial charge < -0.3 is 10.2 Å². The van der Waals surface area contributed by atoms with Gasteiger partial charge >= 0.3 is 0 Å². The summed E-state index contributed by atoms with van der Waals surface area (Å²) in [5.41, 5.74) is 3.16. The Balaban J connectivity index is 1.53. The van der Waals surface area contributed by atoms with E-state index in [1.165, 1.54) is 5.56 Å². The largest absolute Gasteiger partial charge is 0.346 e. The molecule has 134 valence electrons. The zero-order valence-corrected chi connectivity index (χ0v) is 16.6. The average molecular weight is 398 g/mol. The summed E-state index contributed by atoms with van der Waals surface area (Å²) < 4.78 is 1.87. The number of halogens is 2. The zero-order chi connectivity index (χ0) is 18.0. The maximum absolute atomic E-state index is 6.20. The number of anilines is 1. The van der Waals surface area contributed by atoms with Crippen LogP contribution in [-0.2, 0) is 13.6 Å². The van der Waals surface area contributed by atoms with Gasteiger partial charge in [-0.3, -0.25) is 9.58 Å². The highest BCUT2D eigenvalue weighted by molar-refractivity contribution is 7.80. The molecule has 0 saturated carbocycles. The highest BCUT2D eigenvalue weighted by Gasteiger charge is 2.20. The third-order valence-electron chi connectivity index (χ3n) is 4.34. The summed E-state index contributed by atoms with van der Waals surface area (Å²) in [6.07, 6.45) is 2.09. The van der Waals surface area contributed by atoms with Gasteiger partial charge in [0, 0.05) is 56.6 Å². The van der Waals surface area contributed by atoms with Crippen LogP contribution in [-0.4, -0.2) is 50.9 Å². The van der Waals surface area contributed by atoms with E-state index in [1.54, 1.807) is 12.1 Å². The maximum atomic E-state index is 6.20. The summed E-state index contributed by atoms with van der Waals surface area (Å²) >= 11 is 17.7. The van der Waals surface area contributed by atoms with E-state index in [0.717, 1.165) is 44.1 Å². The molecule has 2 heterocycles. The van der Waals surface area contributed by atoms with Crippen molar-refractivity contribution in [2.75, 3.05) is 31.5 Å². The summed E-state index contributed by atoms with van der Waals surface area (Å²) in [6, 6.07) is 5.35. The Labute approximate surface area is 163 Å². The van der Waals surface area contributed by atoms with Crippen LogP contribution in [0.5, 0.6) is 0 Å². The molecule has 2 aromatic rings. The summed E-state index contributed by atoms with van der Waals surface area (Å²) in [5, 5.41) is 9.50. The molecular weight excluding hydrogens is 377 g/mol. The van der Waals surface area contributed by atoms with E-state index in [2.05, 4.69) is 33.3 Å². The summed E-state index contributed by atoms with van der Waals surface area (Å²) in [7, 11) is 1.96. The fraction of sp³-hybridized carbons (Fsp3) is 0.412. The van der Waals surface area contributed by atoms with E-state index in [4.69, 9.17) is 35.4 Å². The number of nitrogens with zero attached hydrogens (tertiary/aromatic N) is 4. The second kappa shape index (κ2) is 7.91. The van der Waals surface area contributed by atoms with Gasteiger partial charge in [-0.05, 0) is 37.3 Å². The van der Waals surface area contributed by atoms with Crippen LogP contribution in [0.4, 0.5) is 5.69 Å². The number of aryl methyl sites for hydroxylation is 2. The Morgan fingerprint density at radius 1 is 1.24 bits per heavy atom. The predicted molar refractivity (Wildman–Crippen MR) is 107 cm³/mol. The molecule has 1 fully saturated rings. The number of aromatic nitrogens is 2. The molecule has 0 atom stereocenters. The van der Waals surface area contributed by atoms with Crippen LogP contribution in [0.1, 0.15) is 11.3 Å². The molecule has 1 aromatic carbocycles. The first-order chi connectivity index (χ1) is 11.9. The van der Waals surface area contributed by atoms with Gasteiger partial charge in [0.25, 0.3) is 0 Å². The lowest BCUT2D eigenvalue weighted by molar-refractivity contribution is 0.176. The number of piperazine rings is 1. The number of thiocarbonyl (C=S) groups is 1. The second-order valence-electron chi connectivity index (χ2n) is 6.23. The summed E-state index contributed by atoms with van der Waals surface area (Å²) in [6.45, 7) is 6.68. The molecule has 0 bridgehead atoms. The van der Waals surface area contributed by atoms with Gasteiger partial charge in [-0.15, -0.1) is 0 Å². The van der Waals surface area contributed by atoms with Crippen molar-refractivity contribution in [2.24, 2.45) is 7.05 Å². The summed E-state index contributed by atoms with van der Waals surface area (Å²) in [5.74, 6) is 0. The van der Waals surface area contributed by atoms with Crippen molar-refractivity contribution in [3.63, 3.8) is 0 Å². The smallest absolute Gasteiger partial charge is 0.173 e. The fourth-order valence-electron chi connectivity index (χ4n) is 2.94. The van der Waals surface area contributed by atoms with Gasteiger partial charge in [0.15, 0.2) is 5.11 Å². The van der Waals surface area contributed by atoms with Crippen LogP contribution >= 0.6 is 35.4 Å². The molecule has 0 radical (unpaired) electrons. The Morgan fingerprint density at radius 3 is 2.56 bits per heavy atom. The van der Waals surface area contributed by atoms with Gasteiger partial charge in [0.2, 0.25) is 0 Å². The molecule has 0 unspecified atom stereocenters. The molecule has 5 nitrogen and oxygen atoms in total. The van der Waals surface area contributed by atoms with Gasteiger partial charge in [0.1, 0.15) is 0 Å². The predicted octanol–water partition coefficient (Wildman–Crippen LogP) is 3.55. The van der Waals surface area contributed by atoms with Crippen molar-refractivity contribution < 1.29 is 0 Å². The molecular formula is C17H21Cl2N5S. The normalized spacial score (nSPS) is 15.4. The van der Waals surface area contributed by atoms with Crippen molar-refractivity contribution in [2.45, 2.75) is 13.5 Å². The minimum absolute atomic E-state index is 0.570. The lowest BCUT2D eigenvalue weighted by Crippen LogP contribution is -2.49. The average Bonchev–Trinajstić information content (AvgIpc) is 2.88. The van der Waals surface area contributed by atoms with Gasteiger partial charge in [0.05, 0.1) is 16.4 Å². The molecule has 1 aliphatic heterocycles. The van der Waals surface area contributed by atoms with Crippen LogP contribution in [0.15, 0.2) is 24.4 Å². The zero-order valence-electron chi connectivity index (χ0n) is 14.3. The molecule has 1 saturated heterocycles. The van der Waals surface area contributed by atoms with Crippen LogP contribution in [0.2, 0.25) is 10.0 Å². The third kappa shape index (κ3) is 4.64. The number of benzene rings is 1. The van der Waals surface area contributed by atoms with Crippen molar-refractivity contribution in [3.8, 4) is 0 Å². The fourth-order valence-corrected chi connectivity index (χ4v) is 3.69. The van der Waals surface area contributed by atoms with Crippen LogP contribution in [0, 0.1) is 6.92 Å². The van der Waals surface area contributed by atoms with Crippen molar-refractivity contribution in [1.29, 1.82) is 0 Å². The van der Waals surface area contributed by atoms with E-state index in [1.807, 2.05) is 17.8 Å². The number of hydrogen-bond acceptors (Lipinski definition) is 3. The Hall–Kier alpha value is -1.34. The van der Waals surface area contributed by atoms with Gasteiger partial charge in [-0.2, -0.15) is 5.10 Å². The van der Waals surface area contributed by atoms with Gasteiger partial charge in [-0.1, -0.05) is 23.2 Å². The highest BCUT2D eigenvalue weighted by Crippen LogP contribution is 2.25. The molecule has 1 aromatic heterocycles. The minimum Gasteiger partial charge on any atom is -0.346 e. The lowest BCUT2D eigenvalue weighted by atomic mass is 10.2. The maximum Gasteiger partial charge on any atom is 0.173 e. The molecule has 8 heteroatoms. The number of rotatable bonds is 3. The van der Waals surface area contributed by atoms with E-state index in [9.17, 15) is 0 Å². The molecule has 0 spiro atoms. The van der Waals surface area contributed by atoms with E-state index >= 15 is 0 Å². The number of hydrogen-bond donors (Lipinski definition) is 1.